The molecule has 1 N–H and O–H groups in total. The molecule has 0 atom stereocenters. The van der Waals surface area contributed by atoms with Crippen LogP contribution < -0.4 is 5.32 Å². The Hall–Kier alpha value is -2.21. The van der Waals surface area contributed by atoms with E-state index in [4.69, 9.17) is 11.6 Å². The molecular formula is C21H22ClN3OS. The van der Waals surface area contributed by atoms with Gasteiger partial charge in [0.2, 0.25) is 5.91 Å². The number of para-hydroxylation sites is 1. The second-order valence-corrected chi connectivity index (χ2v) is 7.93. The van der Waals surface area contributed by atoms with Crippen LogP contribution in [0, 0.1) is 13.8 Å². The van der Waals surface area contributed by atoms with Crippen LogP contribution in [-0.2, 0) is 11.3 Å². The zero-order valence-corrected chi connectivity index (χ0v) is 17.2. The lowest BCUT2D eigenvalue weighted by molar-refractivity contribution is -0.117. The van der Waals surface area contributed by atoms with E-state index in [9.17, 15) is 4.79 Å². The molecule has 2 aromatic carbocycles. The normalized spacial score (nSPS) is 11.0. The minimum Gasteiger partial charge on any atom is -0.324 e. The van der Waals surface area contributed by atoms with Crippen molar-refractivity contribution < 1.29 is 4.79 Å². The molecule has 27 heavy (non-hydrogen) atoms. The lowest BCUT2D eigenvalue weighted by atomic mass is 10.1. The van der Waals surface area contributed by atoms with Gasteiger partial charge in [0.05, 0.1) is 12.2 Å². The average molecular weight is 400 g/mol. The molecule has 140 valence electrons. The Bertz CT molecular complexity index is 917. The molecule has 0 aliphatic rings. The van der Waals surface area contributed by atoms with Crippen molar-refractivity contribution in [2.75, 3.05) is 18.9 Å². The average Bonchev–Trinajstić information content (AvgIpc) is 3.07. The van der Waals surface area contributed by atoms with E-state index in [2.05, 4.69) is 10.3 Å². The van der Waals surface area contributed by atoms with Crippen LogP contribution in [-0.4, -0.2) is 29.4 Å². The van der Waals surface area contributed by atoms with Crippen molar-refractivity contribution in [3.8, 4) is 10.6 Å². The van der Waals surface area contributed by atoms with E-state index in [1.54, 1.807) is 11.3 Å². The topological polar surface area (TPSA) is 45.2 Å². The van der Waals surface area contributed by atoms with Gasteiger partial charge in [-0.2, -0.15) is 0 Å². The number of aryl methyl sites for hydroxylation is 2. The standard InChI is InChI=1S/C21H22ClN3OS/c1-14-5-4-6-15(2)20(14)24-19(26)12-25(3)11-18-13-27-21(23-18)16-7-9-17(22)10-8-16/h4-10,13H,11-12H2,1-3H3,(H,24,26). The van der Waals surface area contributed by atoms with E-state index in [0.29, 0.717) is 18.1 Å². The Kier molecular flexibility index (Phi) is 6.26. The number of thiazole rings is 1. The maximum atomic E-state index is 12.4. The predicted molar refractivity (Wildman–Crippen MR) is 113 cm³/mol. The first kappa shape index (κ1) is 19.5. The van der Waals surface area contributed by atoms with Crippen molar-refractivity contribution >= 4 is 34.5 Å². The van der Waals surface area contributed by atoms with E-state index in [0.717, 1.165) is 33.1 Å². The number of aromatic nitrogens is 1. The highest BCUT2D eigenvalue weighted by Gasteiger charge is 2.12. The smallest absolute Gasteiger partial charge is 0.238 e. The van der Waals surface area contributed by atoms with E-state index in [-0.39, 0.29) is 5.91 Å². The van der Waals surface area contributed by atoms with Crippen molar-refractivity contribution in [1.29, 1.82) is 0 Å². The van der Waals surface area contributed by atoms with Gasteiger partial charge < -0.3 is 5.32 Å². The van der Waals surface area contributed by atoms with E-state index < -0.39 is 0 Å². The number of carbonyl (C=O) groups excluding carboxylic acids is 1. The zero-order valence-electron chi connectivity index (χ0n) is 15.6. The molecule has 0 bridgehead atoms. The Morgan fingerprint density at radius 3 is 2.48 bits per heavy atom. The minimum atomic E-state index is -0.0249. The van der Waals surface area contributed by atoms with Crippen molar-refractivity contribution in [3.63, 3.8) is 0 Å². The van der Waals surface area contributed by atoms with Gasteiger partial charge in [0.25, 0.3) is 0 Å². The number of nitrogens with one attached hydrogen (secondary N) is 1. The zero-order chi connectivity index (χ0) is 19.4. The first-order chi connectivity index (χ1) is 12.9. The number of likely N-dealkylation sites (N-methyl/N-ethyl adjacent to an activating group) is 1. The van der Waals surface area contributed by atoms with Crippen molar-refractivity contribution in [2.45, 2.75) is 20.4 Å². The molecular weight excluding hydrogens is 378 g/mol. The van der Waals surface area contributed by atoms with Crippen molar-refractivity contribution in [3.05, 3.63) is 69.7 Å². The highest BCUT2D eigenvalue weighted by atomic mass is 35.5. The summed E-state index contributed by atoms with van der Waals surface area (Å²) < 4.78 is 0. The summed E-state index contributed by atoms with van der Waals surface area (Å²) in [5.41, 5.74) is 5.03. The maximum Gasteiger partial charge on any atom is 0.238 e. The lowest BCUT2D eigenvalue weighted by Gasteiger charge is -2.16. The summed E-state index contributed by atoms with van der Waals surface area (Å²) >= 11 is 7.53. The quantitative estimate of drug-likeness (QED) is 0.623. The first-order valence-corrected chi connectivity index (χ1v) is 9.93. The molecule has 1 amide bonds. The van der Waals surface area contributed by atoms with Gasteiger partial charge in [-0.3, -0.25) is 9.69 Å². The summed E-state index contributed by atoms with van der Waals surface area (Å²) in [6, 6.07) is 13.6. The van der Waals surface area contributed by atoms with Crippen LogP contribution >= 0.6 is 22.9 Å². The molecule has 4 nitrogen and oxygen atoms in total. The van der Waals surface area contributed by atoms with E-state index in [1.165, 1.54) is 0 Å². The summed E-state index contributed by atoms with van der Waals surface area (Å²) in [4.78, 5) is 19.0. The van der Waals surface area contributed by atoms with Crippen LogP contribution in [0.5, 0.6) is 0 Å². The summed E-state index contributed by atoms with van der Waals surface area (Å²) in [6.45, 7) is 4.92. The highest BCUT2D eigenvalue weighted by Crippen LogP contribution is 2.25. The number of nitrogens with zero attached hydrogens (tertiary/aromatic N) is 2. The monoisotopic (exact) mass is 399 g/mol. The van der Waals surface area contributed by atoms with Crippen LogP contribution in [0.15, 0.2) is 47.8 Å². The second kappa shape index (κ2) is 8.65. The predicted octanol–water partition coefficient (Wildman–Crippen LogP) is 5.15. The number of hydrogen-bond donors (Lipinski definition) is 1. The number of rotatable bonds is 6. The van der Waals surface area contributed by atoms with Crippen molar-refractivity contribution in [1.82, 2.24) is 9.88 Å². The second-order valence-electron chi connectivity index (χ2n) is 6.64. The van der Waals surface area contributed by atoms with Crippen LogP contribution in [0.1, 0.15) is 16.8 Å². The Labute approximate surface area is 168 Å². The van der Waals surface area contributed by atoms with E-state index >= 15 is 0 Å². The summed E-state index contributed by atoms with van der Waals surface area (Å²) in [7, 11) is 1.92. The number of amides is 1. The fraction of sp³-hybridized carbons (Fsp3) is 0.238. The van der Waals surface area contributed by atoms with Gasteiger partial charge in [0.15, 0.2) is 0 Å². The van der Waals surface area contributed by atoms with Gasteiger partial charge in [-0.1, -0.05) is 41.9 Å². The lowest BCUT2D eigenvalue weighted by Crippen LogP contribution is -2.30. The van der Waals surface area contributed by atoms with Crippen LogP contribution in [0.2, 0.25) is 5.02 Å². The Morgan fingerprint density at radius 1 is 1.15 bits per heavy atom. The number of anilines is 1. The number of halogens is 1. The van der Waals surface area contributed by atoms with E-state index in [1.807, 2.05) is 73.6 Å². The van der Waals surface area contributed by atoms with Gasteiger partial charge in [0, 0.05) is 28.2 Å². The molecule has 3 rings (SSSR count). The molecule has 0 saturated carbocycles. The number of carbonyl (C=O) groups is 1. The van der Waals surface area contributed by atoms with Gasteiger partial charge in [0.1, 0.15) is 5.01 Å². The molecule has 0 aliphatic carbocycles. The highest BCUT2D eigenvalue weighted by molar-refractivity contribution is 7.13. The SMILES string of the molecule is Cc1cccc(C)c1NC(=O)CN(C)Cc1csc(-c2ccc(Cl)cc2)n1. The van der Waals surface area contributed by atoms with Gasteiger partial charge in [-0.25, -0.2) is 4.98 Å². The van der Waals surface area contributed by atoms with Gasteiger partial charge in [-0.15, -0.1) is 11.3 Å². The third-order valence-electron chi connectivity index (χ3n) is 4.23. The minimum absolute atomic E-state index is 0.0249. The third kappa shape index (κ3) is 5.16. The Balaban J connectivity index is 1.58. The largest absolute Gasteiger partial charge is 0.324 e. The number of benzene rings is 2. The Morgan fingerprint density at radius 2 is 1.81 bits per heavy atom. The van der Waals surface area contributed by atoms with Gasteiger partial charge >= 0.3 is 0 Å². The molecule has 0 spiro atoms. The molecule has 1 heterocycles. The fourth-order valence-electron chi connectivity index (χ4n) is 2.87. The van der Waals surface area contributed by atoms with Crippen molar-refractivity contribution in [2.24, 2.45) is 0 Å². The molecule has 0 saturated heterocycles. The molecule has 0 aliphatic heterocycles. The molecule has 0 fully saturated rings. The summed E-state index contributed by atoms with van der Waals surface area (Å²) in [6.07, 6.45) is 0. The number of hydrogen-bond acceptors (Lipinski definition) is 4. The summed E-state index contributed by atoms with van der Waals surface area (Å²) in [5.74, 6) is -0.0249. The van der Waals surface area contributed by atoms with Crippen LogP contribution in [0.25, 0.3) is 10.6 Å². The molecule has 3 aromatic rings. The summed E-state index contributed by atoms with van der Waals surface area (Å²) in [5, 5.41) is 6.72. The maximum absolute atomic E-state index is 12.4. The van der Waals surface area contributed by atoms with Crippen LogP contribution in [0.3, 0.4) is 0 Å². The van der Waals surface area contributed by atoms with Gasteiger partial charge in [-0.05, 0) is 44.2 Å². The fourth-order valence-corrected chi connectivity index (χ4v) is 3.82. The molecule has 1 aromatic heterocycles. The third-order valence-corrected chi connectivity index (χ3v) is 5.43. The van der Waals surface area contributed by atoms with Crippen LogP contribution in [0.4, 0.5) is 5.69 Å². The molecule has 0 radical (unpaired) electrons. The molecule has 6 heteroatoms. The first-order valence-electron chi connectivity index (χ1n) is 8.67. The molecule has 0 unspecified atom stereocenters.